The second-order valence-corrected chi connectivity index (χ2v) is 3.35. The summed E-state index contributed by atoms with van der Waals surface area (Å²) in [5.74, 6) is 0. The normalized spacial score (nSPS) is 10.6. The molecule has 0 bridgehead atoms. The second-order valence-electron chi connectivity index (χ2n) is 3.35. The lowest BCUT2D eigenvalue weighted by molar-refractivity contribution is 0.552. The van der Waals surface area contributed by atoms with Crippen molar-refractivity contribution in [3.05, 3.63) is 18.0 Å². The average Bonchev–Trinajstić information content (AvgIpc) is 2.54. The highest BCUT2D eigenvalue weighted by Crippen LogP contribution is 2.00. The summed E-state index contributed by atoms with van der Waals surface area (Å²) in [5.41, 5.74) is 1.26. The van der Waals surface area contributed by atoms with Gasteiger partial charge in [-0.15, -0.1) is 0 Å². The largest absolute Gasteiger partial charge is 0.316 e. The Morgan fingerprint density at radius 2 is 2.31 bits per heavy atom. The maximum Gasteiger partial charge on any atom is 0.0534 e. The zero-order valence-electron chi connectivity index (χ0n) is 8.58. The minimum Gasteiger partial charge on any atom is -0.316 e. The van der Waals surface area contributed by atoms with Crippen LogP contribution in [0.25, 0.3) is 0 Å². The van der Waals surface area contributed by atoms with Crippen molar-refractivity contribution in [2.45, 2.75) is 39.3 Å². The van der Waals surface area contributed by atoms with Gasteiger partial charge in [-0.25, -0.2) is 0 Å². The van der Waals surface area contributed by atoms with E-state index >= 15 is 0 Å². The van der Waals surface area contributed by atoms with Gasteiger partial charge in [-0.3, -0.25) is 4.68 Å². The molecule has 1 heterocycles. The molecule has 1 aromatic rings. The number of nitrogens with one attached hydrogen (secondary N) is 1. The maximum absolute atomic E-state index is 4.28. The molecule has 0 aromatic carbocycles. The molecule has 0 saturated carbocycles. The van der Waals surface area contributed by atoms with Crippen molar-refractivity contribution >= 4 is 0 Å². The third kappa shape index (κ3) is 3.59. The van der Waals surface area contributed by atoms with E-state index in [4.69, 9.17) is 0 Å². The van der Waals surface area contributed by atoms with Gasteiger partial charge in [0, 0.05) is 24.8 Å². The minimum atomic E-state index is 0.910. The Hall–Kier alpha value is -0.830. The van der Waals surface area contributed by atoms with Gasteiger partial charge in [0.25, 0.3) is 0 Å². The molecule has 0 fully saturated rings. The molecule has 3 nitrogen and oxygen atoms in total. The van der Waals surface area contributed by atoms with E-state index in [1.165, 1.54) is 24.8 Å². The van der Waals surface area contributed by atoms with E-state index in [0.29, 0.717) is 0 Å². The van der Waals surface area contributed by atoms with Crippen molar-refractivity contribution < 1.29 is 0 Å². The Kier molecular flexibility index (Phi) is 4.54. The summed E-state index contributed by atoms with van der Waals surface area (Å²) in [7, 11) is 1.95. The molecule has 0 aliphatic carbocycles. The molecule has 0 aliphatic heterocycles. The summed E-state index contributed by atoms with van der Waals surface area (Å²) in [4.78, 5) is 0. The fourth-order valence-electron chi connectivity index (χ4n) is 1.35. The molecule has 1 aromatic heterocycles. The topological polar surface area (TPSA) is 29.9 Å². The van der Waals surface area contributed by atoms with E-state index in [9.17, 15) is 0 Å². The van der Waals surface area contributed by atoms with Crippen molar-refractivity contribution in [1.82, 2.24) is 15.1 Å². The molecule has 74 valence electrons. The predicted octanol–water partition coefficient (Wildman–Crippen LogP) is 1.79. The Morgan fingerprint density at radius 3 is 3.00 bits per heavy atom. The van der Waals surface area contributed by atoms with Crippen LogP contribution < -0.4 is 5.32 Å². The molecule has 3 heteroatoms. The summed E-state index contributed by atoms with van der Waals surface area (Å²) < 4.78 is 2.03. The van der Waals surface area contributed by atoms with Gasteiger partial charge in [0.15, 0.2) is 0 Å². The first-order chi connectivity index (χ1) is 6.36. The summed E-state index contributed by atoms with van der Waals surface area (Å²) in [5, 5.41) is 7.39. The molecule has 0 saturated heterocycles. The quantitative estimate of drug-likeness (QED) is 0.678. The smallest absolute Gasteiger partial charge is 0.0534 e. The van der Waals surface area contributed by atoms with Crippen molar-refractivity contribution in [2.75, 3.05) is 7.05 Å². The summed E-state index contributed by atoms with van der Waals surface area (Å²) in [6, 6.07) is 0. The van der Waals surface area contributed by atoms with Crippen LogP contribution in [0.2, 0.25) is 0 Å². The standard InChI is InChI=1S/C10H19N3/c1-3-4-5-6-13-9-10(7-11-2)8-12-13/h8-9,11H,3-7H2,1-2H3. The Labute approximate surface area is 80.1 Å². The van der Waals surface area contributed by atoms with Crippen LogP contribution in [0.5, 0.6) is 0 Å². The van der Waals surface area contributed by atoms with E-state index in [1.807, 2.05) is 17.9 Å². The van der Waals surface area contributed by atoms with Crippen LogP contribution in [0, 0.1) is 0 Å². The van der Waals surface area contributed by atoms with E-state index in [-0.39, 0.29) is 0 Å². The molecule has 0 atom stereocenters. The molecule has 13 heavy (non-hydrogen) atoms. The fraction of sp³-hybridized carbons (Fsp3) is 0.700. The third-order valence-corrected chi connectivity index (χ3v) is 2.06. The lowest BCUT2D eigenvalue weighted by Crippen LogP contribution is -2.04. The Morgan fingerprint density at radius 1 is 1.46 bits per heavy atom. The van der Waals surface area contributed by atoms with Gasteiger partial charge in [0.05, 0.1) is 6.20 Å². The summed E-state index contributed by atoms with van der Waals surface area (Å²) in [6.07, 6.45) is 7.84. The van der Waals surface area contributed by atoms with E-state index in [0.717, 1.165) is 13.1 Å². The molecule has 0 amide bonds. The maximum atomic E-state index is 4.28. The molecule has 0 unspecified atom stereocenters. The second kappa shape index (κ2) is 5.75. The first-order valence-electron chi connectivity index (χ1n) is 5.02. The molecule has 1 rings (SSSR count). The minimum absolute atomic E-state index is 0.910. The predicted molar refractivity (Wildman–Crippen MR) is 54.5 cm³/mol. The van der Waals surface area contributed by atoms with Crippen LogP contribution in [0.3, 0.4) is 0 Å². The number of aromatic nitrogens is 2. The van der Waals surface area contributed by atoms with Crippen molar-refractivity contribution in [2.24, 2.45) is 0 Å². The summed E-state index contributed by atoms with van der Waals surface area (Å²) in [6.45, 7) is 4.18. The van der Waals surface area contributed by atoms with Crippen LogP contribution in [0.15, 0.2) is 12.4 Å². The van der Waals surface area contributed by atoms with E-state index in [2.05, 4.69) is 23.5 Å². The molecule has 0 aliphatic rings. The van der Waals surface area contributed by atoms with E-state index < -0.39 is 0 Å². The van der Waals surface area contributed by atoms with Gasteiger partial charge in [0.2, 0.25) is 0 Å². The Balaban J connectivity index is 2.31. The van der Waals surface area contributed by atoms with Crippen LogP contribution in [-0.2, 0) is 13.1 Å². The third-order valence-electron chi connectivity index (χ3n) is 2.06. The first-order valence-corrected chi connectivity index (χ1v) is 5.02. The number of hydrogen-bond donors (Lipinski definition) is 1. The highest BCUT2D eigenvalue weighted by atomic mass is 15.3. The lowest BCUT2D eigenvalue weighted by atomic mass is 10.2. The average molecular weight is 181 g/mol. The first kappa shape index (κ1) is 10.3. The zero-order valence-corrected chi connectivity index (χ0v) is 8.58. The number of aryl methyl sites for hydroxylation is 1. The van der Waals surface area contributed by atoms with Gasteiger partial charge < -0.3 is 5.32 Å². The van der Waals surface area contributed by atoms with Gasteiger partial charge >= 0.3 is 0 Å². The number of unbranched alkanes of at least 4 members (excludes halogenated alkanes) is 2. The Bertz CT molecular complexity index is 230. The zero-order chi connectivity index (χ0) is 9.52. The number of hydrogen-bond acceptors (Lipinski definition) is 2. The van der Waals surface area contributed by atoms with Crippen molar-refractivity contribution in [3.8, 4) is 0 Å². The lowest BCUT2D eigenvalue weighted by Gasteiger charge is -1.98. The van der Waals surface area contributed by atoms with Gasteiger partial charge in [-0.05, 0) is 13.5 Å². The number of rotatable bonds is 6. The monoisotopic (exact) mass is 181 g/mol. The molecule has 0 radical (unpaired) electrons. The molecule has 0 spiro atoms. The van der Waals surface area contributed by atoms with Crippen LogP contribution in [0.4, 0.5) is 0 Å². The van der Waals surface area contributed by atoms with Gasteiger partial charge in [-0.1, -0.05) is 19.8 Å². The highest BCUT2D eigenvalue weighted by Gasteiger charge is 1.96. The van der Waals surface area contributed by atoms with Crippen LogP contribution >= 0.6 is 0 Å². The fourth-order valence-corrected chi connectivity index (χ4v) is 1.35. The summed E-state index contributed by atoms with van der Waals surface area (Å²) >= 11 is 0. The SMILES string of the molecule is CCCCCn1cc(CNC)cn1. The number of nitrogens with zero attached hydrogens (tertiary/aromatic N) is 2. The van der Waals surface area contributed by atoms with Crippen molar-refractivity contribution in [1.29, 1.82) is 0 Å². The van der Waals surface area contributed by atoms with E-state index in [1.54, 1.807) is 0 Å². The van der Waals surface area contributed by atoms with Crippen molar-refractivity contribution in [3.63, 3.8) is 0 Å². The highest BCUT2D eigenvalue weighted by molar-refractivity contribution is 5.02. The van der Waals surface area contributed by atoms with Crippen LogP contribution in [0.1, 0.15) is 31.7 Å². The molecular formula is C10H19N3. The van der Waals surface area contributed by atoms with Gasteiger partial charge in [0.1, 0.15) is 0 Å². The molecular weight excluding hydrogens is 162 g/mol. The van der Waals surface area contributed by atoms with Gasteiger partial charge in [-0.2, -0.15) is 5.10 Å². The molecule has 1 N–H and O–H groups in total. The van der Waals surface area contributed by atoms with Crippen LogP contribution in [-0.4, -0.2) is 16.8 Å².